The van der Waals surface area contributed by atoms with Crippen LogP contribution in [0, 0.1) is 20.8 Å². The lowest BCUT2D eigenvalue weighted by molar-refractivity contribution is -0.131. The zero-order chi connectivity index (χ0) is 17.6. The molecule has 0 unspecified atom stereocenters. The maximum atomic E-state index is 12.6. The van der Waals surface area contributed by atoms with Crippen LogP contribution in [0.3, 0.4) is 0 Å². The summed E-state index contributed by atoms with van der Waals surface area (Å²) in [6.45, 7) is 13.3. The molecule has 0 radical (unpaired) electrons. The second-order valence-corrected chi connectivity index (χ2v) is 6.23. The van der Waals surface area contributed by atoms with Crippen LogP contribution < -0.4 is 4.90 Å². The van der Waals surface area contributed by atoms with Crippen molar-refractivity contribution in [1.29, 1.82) is 0 Å². The Hall–Kier alpha value is -1.84. The Bertz CT molecular complexity index is 537. The summed E-state index contributed by atoms with van der Waals surface area (Å²) < 4.78 is 0. The molecule has 4 nitrogen and oxygen atoms in total. The smallest absolute Gasteiger partial charge is 0.242 e. The van der Waals surface area contributed by atoms with E-state index in [1.807, 2.05) is 25.7 Å². The van der Waals surface area contributed by atoms with Crippen molar-refractivity contribution < 1.29 is 9.59 Å². The van der Waals surface area contributed by atoms with Crippen LogP contribution in [0.2, 0.25) is 0 Å². The van der Waals surface area contributed by atoms with Crippen LogP contribution >= 0.6 is 0 Å². The molecular weight excluding hydrogens is 288 g/mol. The molecule has 128 valence electrons. The SMILES string of the molecule is CCCN(CCC)C(=O)CN(C(C)=O)c1c(C)cc(C)cc1C. The van der Waals surface area contributed by atoms with E-state index < -0.39 is 0 Å². The molecule has 1 aromatic carbocycles. The van der Waals surface area contributed by atoms with Crippen LogP contribution in [0.4, 0.5) is 5.69 Å². The molecule has 4 heteroatoms. The van der Waals surface area contributed by atoms with Crippen molar-refractivity contribution in [3.63, 3.8) is 0 Å². The van der Waals surface area contributed by atoms with Gasteiger partial charge in [0.2, 0.25) is 11.8 Å². The topological polar surface area (TPSA) is 40.6 Å². The first kappa shape index (κ1) is 19.2. The quantitative estimate of drug-likeness (QED) is 0.770. The first-order valence-corrected chi connectivity index (χ1v) is 8.45. The summed E-state index contributed by atoms with van der Waals surface area (Å²) in [6.07, 6.45) is 1.85. The first-order valence-electron chi connectivity index (χ1n) is 8.45. The van der Waals surface area contributed by atoms with Crippen LogP contribution in [0.15, 0.2) is 12.1 Å². The molecule has 0 aliphatic carbocycles. The zero-order valence-corrected chi connectivity index (χ0v) is 15.4. The Morgan fingerprint density at radius 1 is 0.957 bits per heavy atom. The fourth-order valence-corrected chi connectivity index (χ4v) is 3.08. The van der Waals surface area contributed by atoms with Gasteiger partial charge < -0.3 is 9.80 Å². The van der Waals surface area contributed by atoms with Gasteiger partial charge >= 0.3 is 0 Å². The second kappa shape index (κ2) is 8.70. The maximum absolute atomic E-state index is 12.6. The van der Waals surface area contributed by atoms with Crippen molar-refractivity contribution >= 4 is 17.5 Å². The van der Waals surface area contributed by atoms with Crippen LogP contribution in [0.1, 0.15) is 50.3 Å². The standard InChI is InChI=1S/C19H30N2O2/c1-7-9-20(10-8-2)18(23)13-21(17(6)22)19-15(4)11-14(3)12-16(19)5/h11-12H,7-10,13H2,1-6H3. The average molecular weight is 318 g/mol. The Morgan fingerprint density at radius 3 is 1.83 bits per heavy atom. The number of carbonyl (C=O) groups excluding carboxylic acids is 2. The van der Waals surface area contributed by atoms with Crippen LogP contribution in [-0.2, 0) is 9.59 Å². The lowest BCUT2D eigenvalue weighted by Gasteiger charge is -2.29. The molecule has 0 heterocycles. The van der Waals surface area contributed by atoms with Gasteiger partial charge in [0.25, 0.3) is 0 Å². The van der Waals surface area contributed by atoms with E-state index in [1.165, 1.54) is 6.92 Å². The van der Waals surface area contributed by atoms with Gasteiger partial charge in [-0.1, -0.05) is 31.5 Å². The van der Waals surface area contributed by atoms with E-state index in [2.05, 4.69) is 26.0 Å². The fraction of sp³-hybridized carbons (Fsp3) is 0.579. The number of carbonyl (C=O) groups is 2. The molecular formula is C19H30N2O2. The van der Waals surface area contributed by atoms with Crippen molar-refractivity contribution in [2.24, 2.45) is 0 Å². The highest BCUT2D eigenvalue weighted by Crippen LogP contribution is 2.26. The highest BCUT2D eigenvalue weighted by molar-refractivity contribution is 5.98. The molecule has 23 heavy (non-hydrogen) atoms. The van der Waals surface area contributed by atoms with Crippen LogP contribution in [0.25, 0.3) is 0 Å². The van der Waals surface area contributed by atoms with Gasteiger partial charge in [-0.15, -0.1) is 0 Å². The van der Waals surface area contributed by atoms with E-state index in [0.29, 0.717) is 0 Å². The van der Waals surface area contributed by atoms with E-state index in [9.17, 15) is 9.59 Å². The summed E-state index contributed by atoms with van der Waals surface area (Å²) >= 11 is 0. The molecule has 0 spiro atoms. The number of anilines is 1. The van der Waals surface area contributed by atoms with Crippen molar-refractivity contribution in [3.05, 3.63) is 28.8 Å². The van der Waals surface area contributed by atoms with Crippen LogP contribution in [-0.4, -0.2) is 36.3 Å². The van der Waals surface area contributed by atoms with Gasteiger partial charge in [-0.25, -0.2) is 0 Å². The molecule has 0 atom stereocenters. The third kappa shape index (κ3) is 5.08. The predicted octanol–water partition coefficient (Wildman–Crippen LogP) is 3.61. The van der Waals surface area contributed by atoms with Crippen LogP contribution in [0.5, 0.6) is 0 Å². The summed E-state index contributed by atoms with van der Waals surface area (Å²) in [5.74, 6) is -0.0791. The fourth-order valence-electron chi connectivity index (χ4n) is 3.08. The van der Waals surface area contributed by atoms with E-state index in [4.69, 9.17) is 0 Å². The Morgan fingerprint density at radius 2 is 1.43 bits per heavy atom. The van der Waals surface area contributed by atoms with Crippen molar-refractivity contribution in [1.82, 2.24) is 4.90 Å². The van der Waals surface area contributed by atoms with E-state index >= 15 is 0 Å². The monoisotopic (exact) mass is 318 g/mol. The van der Waals surface area contributed by atoms with Crippen molar-refractivity contribution in [2.75, 3.05) is 24.5 Å². The number of nitrogens with zero attached hydrogens (tertiary/aromatic N) is 2. The lowest BCUT2D eigenvalue weighted by atomic mass is 10.0. The molecule has 0 aliphatic rings. The van der Waals surface area contributed by atoms with Crippen molar-refractivity contribution in [3.8, 4) is 0 Å². The first-order chi connectivity index (χ1) is 10.8. The number of hydrogen-bond donors (Lipinski definition) is 0. The molecule has 0 bridgehead atoms. The molecule has 0 aliphatic heterocycles. The Kier molecular flexibility index (Phi) is 7.27. The number of benzene rings is 1. The van der Waals surface area contributed by atoms with Crippen molar-refractivity contribution in [2.45, 2.75) is 54.4 Å². The van der Waals surface area contributed by atoms with Gasteiger partial charge in [0.15, 0.2) is 0 Å². The minimum atomic E-state index is -0.0960. The summed E-state index contributed by atoms with van der Waals surface area (Å²) in [5, 5.41) is 0. The molecule has 0 N–H and O–H groups in total. The zero-order valence-electron chi connectivity index (χ0n) is 15.4. The van der Waals surface area contributed by atoms with Gasteiger partial charge in [-0.3, -0.25) is 9.59 Å². The molecule has 0 saturated carbocycles. The van der Waals surface area contributed by atoms with Gasteiger partial charge in [0.1, 0.15) is 6.54 Å². The van der Waals surface area contributed by atoms with E-state index in [-0.39, 0.29) is 18.4 Å². The summed E-state index contributed by atoms with van der Waals surface area (Å²) in [7, 11) is 0. The lowest BCUT2D eigenvalue weighted by Crippen LogP contribution is -2.43. The molecule has 1 aromatic rings. The average Bonchev–Trinajstić information content (AvgIpc) is 2.44. The summed E-state index contributed by atoms with van der Waals surface area (Å²) in [4.78, 5) is 28.3. The number of hydrogen-bond acceptors (Lipinski definition) is 2. The molecule has 0 aromatic heterocycles. The molecule has 2 amide bonds. The highest BCUT2D eigenvalue weighted by atomic mass is 16.2. The Balaban J connectivity index is 3.09. The third-order valence-corrected chi connectivity index (χ3v) is 3.92. The predicted molar refractivity (Wildman–Crippen MR) is 95.8 cm³/mol. The van der Waals surface area contributed by atoms with Gasteiger partial charge in [-0.2, -0.15) is 0 Å². The Labute approximate surface area is 140 Å². The molecule has 0 saturated heterocycles. The largest absolute Gasteiger partial charge is 0.341 e. The van der Waals surface area contributed by atoms with Gasteiger partial charge in [0.05, 0.1) is 5.69 Å². The van der Waals surface area contributed by atoms with Gasteiger partial charge in [0, 0.05) is 20.0 Å². The maximum Gasteiger partial charge on any atom is 0.242 e. The normalized spacial score (nSPS) is 10.5. The molecule has 1 rings (SSSR count). The number of aryl methyl sites for hydroxylation is 3. The summed E-state index contributed by atoms with van der Waals surface area (Å²) in [6, 6.07) is 4.11. The van der Waals surface area contributed by atoms with E-state index in [0.717, 1.165) is 48.3 Å². The molecule has 0 fully saturated rings. The second-order valence-electron chi connectivity index (χ2n) is 6.23. The number of amides is 2. The minimum Gasteiger partial charge on any atom is -0.341 e. The number of rotatable bonds is 7. The van der Waals surface area contributed by atoms with Gasteiger partial charge in [-0.05, 0) is 44.7 Å². The van der Waals surface area contributed by atoms with E-state index in [1.54, 1.807) is 4.90 Å². The highest BCUT2D eigenvalue weighted by Gasteiger charge is 2.22. The summed E-state index contributed by atoms with van der Waals surface area (Å²) in [5.41, 5.74) is 4.09. The third-order valence-electron chi connectivity index (χ3n) is 3.92. The minimum absolute atomic E-state index is 0.0169.